The van der Waals surface area contributed by atoms with Gasteiger partial charge in [-0.1, -0.05) is 48.5 Å². The van der Waals surface area contributed by atoms with Gasteiger partial charge >= 0.3 is 0 Å². The van der Waals surface area contributed by atoms with Gasteiger partial charge in [-0.3, -0.25) is 4.79 Å². The van der Waals surface area contributed by atoms with Gasteiger partial charge in [0.05, 0.1) is 15.7 Å². The summed E-state index contributed by atoms with van der Waals surface area (Å²) in [7, 11) is -3.41. The van der Waals surface area contributed by atoms with E-state index in [0.29, 0.717) is 12.1 Å². The summed E-state index contributed by atoms with van der Waals surface area (Å²) in [6, 6.07) is 18.1. The number of carbonyl (C=O) groups is 1. The maximum Gasteiger partial charge on any atom is 0.270 e. The molecule has 0 saturated carbocycles. The van der Waals surface area contributed by atoms with Crippen LogP contribution in [0.4, 0.5) is 0 Å². The third kappa shape index (κ3) is 4.77. The first kappa shape index (κ1) is 18.3. The number of carbonyl (C=O) groups excluding carboxylic acids is 1. The van der Waals surface area contributed by atoms with Crippen molar-refractivity contribution < 1.29 is 13.2 Å². The normalized spacial score (nSPS) is 11.2. The Morgan fingerprint density at radius 2 is 1.65 bits per heavy atom. The first-order valence-corrected chi connectivity index (χ1v) is 10.6. The van der Waals surface area contributed by atoms with Gasteiger partial charge in [0.2, 0.25) is 0 Å². The zero-order chi connectivity index (χ0) is 18.4. The molecule has 1 amide bonds. The highest BCUT2D eigenvalue weighted by Crippen LogP contribution is 2.15. The maximum atomic E-state index is 12.2. The van der Waals surface area contributed by atoms with Crippen LogP contribution in [-0.2, 0) is 16.3 Å². The largest absolute Gasteiger partial charge is 0.350 e. The monoisotopic (exact) mass is 386 g/mol. The quantitative estimate of drug-likeness (QED) is 0.677. The lowest BCUT2D eigenvalue weighted by atomic mass is 10.2. The Hall–Kier alpha value is -2.51. The van der Waals surface area contributed by atoms with Crippen LogP contribution >= 0.6 is 11.3 Å². The van der Waals surface area contributed by atoms with E-state index in [0.717, 1.165) is 10.6 Å². The lowest BCUT2D eigenvalue weighted by molar-refractivity contribution is 0.0951. The van der Waals surface area contributed by atoms with Crippen molar-refractivity contribution in [2.24, 2.45) is 0 Å². The van der Waals surface area contributed by atoms with Gasteiger partial charge in [-0.15, -0.1) is 11.3 Å². The molecule has 3 rings (SSSR count). The Kier molecular flexibility index (Phi) is 5.80. The second kappa shape index (κ2) is 8.25. The van der Waals surface area contributed by atoms with Crippen molar-refractivity contribution in [3.05, 3.63) is 82.3 Å². The summed E-state index contributed by atoms with van der Waals surface area (Å²) in [5.74, 6) is -0.507. The molecule has 2 aromatic carbocycles. The summed E-state index contributed by atoms with van der Waals surface area (Å²) in [5, 5.41) is 5.17. The van der Waals surface area contributed by atoms with Crippen LogP contribution in [0.3, 0.4) is 0 Å². The van der Waals surface area contributed by atoms with E-state index >= 15 is 0 Å². The Morgan fingerprint density at radius 1 is 1.00 bits per heavy atom. The van der Waals surface area contributed by atoms with Gasteiger partial charge in [-0.2, -0.15) is 0 Å². The summed E-state index contributed by atoms with van der Waals surface area (Å²) in [4.78, 5) is 16.8. The third-order valence-corrected chi connectivity index (χ3v) is 6.32. The number of rotatable bonds is 7. The number of amides is 1. The molecule has 3 aromatic rings. The van der Waals surface area contributed by atoms with E-state index in [1.54, 1.807) is 35.7 Å². The third-order valence-electron chi connectivity index (χ3n) is 3.74. The number of hydrogen-bond donors (Lipinski definition) is 1. The molecular formula is C19H18N2O3S2. The number of nitrogens with one attached hydrogen (secondary N) is 1. The highest BCUT2D eigenvalue weighted by atomic mass is 32.2. The predicted octanol–water partition coefficient (Wildman–Crippen LogP) is 2.94. The zero-order valence-electron chi connectivity index (χ0n) is 14.0. The van der Waals surface area contributed by atoms with Gasteiger partial charge in [-0.25, -0.2) is 13.4 Å². The van der Waals surface area contributed by atoms with Gasteiger partial charge in [-0.05, 0) is 17.7 Å². The molecule has 0 unspecified atom stereocenters. The number of sulfone groups is 1. The number of nitrogens with zero attached hydrogens (tertiary/aromatic N) is 1. The molecule has 0 saturated heterocycles. The Bertz CT molecular complexity index is 968. The van der Waals surface area contributed by atoms with Crippen molar-refractivity contribution in [1.29, 1.82) is 0 Å². The van der Waals surface area contributed by atoms with Crippen molar-refractivity contribution in [3.63, 3.8) is 0 Å². The van der Waals surface area contributed by atoms with Crippen LogP contribution in [0.25, 0.3) is 0 Å². The Balaban J connectivity index is 1.54. The van der Waals surface area contributed by atoms with E-state index in [-0.39, 0.29) is 23.1 Å². The first-order chi connectivity index (χ1) is 12.5. The van der Waals surface area contributed by atoms with Crippen LogP contribution in [0.1, 0.15) is 21.1 Å². The van der Waals surface area contributed by atoms with Gasteiger partial charge < -0.3 is 5.32 Å². The molecule has 0 aliphatic heterocycles. The van der Waals surface area contributed by atoms with Crippen molar-refractivity contribution in [3.8, 4) is 0 Å². The lowest BCUT2D eigenvalue weighted by Crippen LogP contribution is -2.29. The fourth-order valence-electron chi connectivity index (χ4n) is 2.40. The van der Waals surface area contributed by atoms with Crippen molar-refractivity contribution in [2.45, 2.75) is 11.3 Å². The first-order valence-electron chi connectivity index (χ1n) is 8.09. The molecule has 0 aliphatic rings. The predicted molar refractivity (Wildman–Crippen MR) is 102 cm³/mol. The van der Waals surface area contributed by atoms with E-state index in [4.69, 9.17) is 0 Å². The summed E-state index contributed by atoms with van der Waals surface area (Å²) in [6.45, 7) is 0.0433. The number of hydrogen-bond acceptors (Lipinski definition) is 5. The van der Waals surface area contributed by atoms with Gasteiger partial charge in [0.25, 0.3) is 5.91 Å². The average Bonchev–Trinajstić information content (AvgIpc) is 3.12. The van der Waals surface area contributed by atoms with Crippen LogP contribution in [0, 0.1) is 0 Å². The minimum Gasteiger partial charge on any atom is -0.350 e. The summed E-state index contributed by atoms with van der Waals surface area (Å²) < 4.78 is 24.4. The number of benzene rings is 2. The van der Waals surface area contributed by atoms with Crippen LogP contribution in [0.2, 0.25) is 0 Å². The van der Waals surface area contributed by atoms with E-state index in [9.17, 15) is 13.2 Å². The fourth-order valence-corrected chi connectivity index (χ4v) is 4.39. The van der Waals surface area contributed by atoms with E-state index in [1.807, 2.05) is 30.3 Å². The molecule has 1 heterocycles. The van der Waals surface area contributed by atoms with Crippen LogP contribution < -0.4 is 5.32 Å². The van der Waals surface area contributed by atoms with Gasteiger partial charge in [0, 0.05) is 18.3 Å². The second-order valence-corrected chi connectivity index (χ2v) is 8.73. The minimum absolute atomic E-state index is 0.0433. The summed E-state index contributed by atoms with van der Waals surface area (Å²) >= 11 is 1.42. The molecule has 0 atom stereocenters. The molecule has 7 heteroatoms. The van der Waals surface area contributed by atoms with Gasteiger partial charge in [0.1, 0.15) is 5.69 Å². The van der Waals surface area contributed by atoms with Crippen LogP contribution in [0.15, 0.2) is 70.9 Å². The van der Waals surface area contributed by atoms with Crippen LogP contribution in [-0.4, -0.2) is 31.6 Å². The Morgan fingerprint density at radius 3 is 2.35 bits per heavy atom. The molecule has 0 fully saturated rings. The smallest absolute Gasteiger partial charge is 0.270 e. The average molecular weight is 386 g/mol. The number of aromatic nitrogens is 1. The lowest BCUT2D eigenvalue weighted by Gasteiger charge is -2.05. The van der Waals surface area contributed by atoms with Crippen molar-refractivity contribution in [2.75, 3.05) is 12.3 Å². The van der Waals surface area contributed by atoms with Gasteiger partial charge in [0.15, 0.2) is 9.84 Å². The molecule has 0 bridgehead atoms. The number of thiazole rings is 1. The second-order valence-electron chi connectivity index (χ2n) is 5.68. The van der Waals surface area contributed by atoms with E-state index in [1.165, 1.54) is 11.3 Å². The molecule has 5 nitrogen and oxygen atoms in total. The molecule has 0 aliphatic carbocycles. The fraction of sp³-hybridized carbons (Fsp3) is 0.158. The molecule has 26 heavy (non-hydrogen) atoms. The SMILES string of the molecule is O=C(NCCS(=O)(=O)c1ccccc1)c1csc(Cc2ccccc2)n1. The highest BCUT2D eigenvalue weighted by Gasteiger charge is 2.15. The molecule has 1 aromatic heterocycles. The van der Waals surface area contributed by atoms with Crippen molar-refractivity contribution in [1.82, 2.24) is 10.3 Å². The standard InChI is InChI=1S/C19H18N2O3S2/c22-19(20-11-12-26(23,24)16-9-5-2-6-10-16)17-14-25-18(21-17)13-15-7-3-1-4-8-15/h1-10,14H,11-13H2,(H,20,22). The summed E-state index contributed by atoms with van der Waals surface area (Å²) in [5.41, 5.74) is 1.45. The zero-order valence-corrected chi connectivity index (χ0v) is 15.6. The molecule has 134 valence electrons. The topological polar surface area (TPSA) is 76.1 Å². The Labute approximate surface area is 156 Å². The highest BCUT2D eigenvalue weighted by molar-refractivity contribution is 7.91. The van der Waals surface area contributed by atoms with E-state index < -0.39 is 9.84 Å². The molecular weight excluding hydrogens is 368 g/mol. The van der Waals surface area contributed by atoms with Crippen molar-refractivity contribution >= 4 is 27.1 Å². The molecule has 1 N–H and O–H groups in total. The minimum atomic E-state index is -3.41. The summed E-state index contributed by atoms with van der Waals surface area (Å²) in [6.07, 6.45) is 0.668. The molecule has 0 radical (unpaired) electrons. The van der Waals surface area contributed by atoms with Crippen LogP contribution in [0.5, 0.6) is 0 Å². The molecule has 0 spiro atoms. The maximum absolute atomic E-state index is 12.2. The van der Waals surface area contributed by atoms with E-state index in [2.05, 4.69) is 10.3 Å².